The lowest BCUT2D eigenvalue weighted by Crippen LogP contribution is -2.21. The summed E-state index contributed by atoms with van der Waals surface area (Å²) in [5.74, 6) is 1.41. The van der Waals surface area contributed by atoms with Crippen molar-refractivity contribution in [1.82, 2.24) is 9.97 Å². The van der Waals surface area contributed by atoms with Gasteiger partial charge >= 0.3 is 0 Å². The van der Waals surface area contributed by atoms with Crippen molar-refractivity contribution in [2.45, 2.75) is 26.7 Å². The predicted molar refractivity (Wildman–Crippen MR) is 62.0 cm³/mol. The molecule has 0 radical (unpaired) electrons. The molecule has 82 valence electrons. The Labute approximate surface area is 95.3 Å². The molecule has 0 unspecified atom stereocenters. The highest BCUT2D eigenvalue weighted by Crippen LogP contribution is 2.51. The van der Waals surface area contributed by atoms with Crippen LogP contribution in [0.2, 0.25) is 5.15 Å². The molecule has 0 atom stereocenters. The van der Waals surface area contributed by atoms with Crippen LogP contribution >= 0.6 is 11.6 Å². The van der Waals surface area contributed by atoms with Crippen LogP contribution in [0.25, 0.3) is 0 Å². The van der Waals surface area contributed by atoms with Crippen molar-refractivity contribution in [1.29, 1.82) is 0 Å². The molecule has 0 aromatic carbocycles. The summed E-state index contributed by atoms with van der Waals surface area (Å²) >= 11 is 5.92. The van der Waals surface area contributed by atoms with Gasteiger partial charge in [0.2, 0.25) is 0 Å². The highest BCUT2D eigenvalue weighted by molar-refractivity contribution is 6.31. The summed E-state index contributed by atoms with van der Waals surface area (Å²) in [5, 5.41) is 3.75. The number of halogens is 1. The summed E-state index contributed by atoms with van der Waals surface area (Å²) in [6.07, 6.45) is 5.86. The van der Waals surface area contributed by atoms with Crippen molar-refractivity contribution in [3.05, 3.63) is 17.5 Å². The Balaban J connectivity index is 1.97. The van der Waals surface area contributed by atoms with Crippen molar-refractivity contribution in [3.8, 4) is 0 Å². The van der Waals surface area contributed by atoms with Gasteiger partial charge in [0, 0.05) is 18.9 Å². The molecule has 0 amide bonds. The molecule has 0 spiro atoms. The topological polar surface area (TPSA) is 37.8 Å². The van der Waals surface area contributed by atoms with Gasteiger partial charge in [-0.15, -0.1) is 0 Å². The minimum absolute atomic E-state index is 0.456. The van der Waals surface area contributed by atoms with Crippen molar-refractivity contribution < 1.29 is 0 Å². The summed E-state index contributed by atoms with van der Waals surface area (Å²) in [4.78, 5) is 8.15. The minimum atomic E-state index is 0.456. The zero-order valence-electron chi connectivity index (χ0n) is 9.13. The first-order valence-electron chi connectivity index (χ1n) is 5.34. The van der Waals surface area contributed by atoms with Crippen molar-refractivity contribution in [2.75, 3.05) is 11.9 Å². The number of rotatable bonds is 4. The summed E-state index contributed by atoms with van der Waals surface area (Å²) < 4.78 is 0. The fourth-order valence-corrected chi connectivity index (χ4v) is 1.99. The third-order valence-corrected chi connectivity index (χ3v) is 3.66. The number of hydrogen-bond acceptors (Lipinski definition) is 3. The lowest BCUT2D eigenvalue weighted by atomic mass is 9.92. The Hall–Kier alpha value is -0.830. The van der Waals surface area contributed by atoms with E-state index >= 15 is 0 Å². The second-order valence-corrected chi connectivity index (χ2v) is 4.92. The standard InChI is InChI=1S/C11H16ClN3/c1-8(2)11(3-4-11)7-15-10-9(12)13-5-6-14-10/h5-6,8H,3-4,7H2,1-2H3,(H,14,15). The molecular weight excluding hydrogens is 210 g/mol. The highest BCUT2D eigenvalue weighted by atomic mass is 35.5. The lowest BCUT2D eigenvalue weighted by Gasteiger charge is -2.20. The van der Waals surface area contributed by atoms with Crippen LogP contribution in [-0.2, 0) is 0 Å². The zero-order valence-corrected chi connectivity index (χ0v) is 9.88. The molecule has 1 N–H and O–H groups in total. The largest absolute Gasteiger partial charge is 0.367 e. The fraction of sp³-hybridized carbons (Fsp3) is 0.636. The maximum Gasteiger partial charge on any atom is 0.171 e. The van der Waals surface area contributed by atoms with E-state index in [1.807, 2.05) is 0 Å². The van der Waals surface area contributed by atoms with E-state index in [4.69, 9.17) is 11.6 Å². The second kappa shape index (κ2) is 3.97. The molecule has 1 aliphatic carbocycles. The molecule has 1 fully saturated rings. The van der Waals surface area contributed by atoms with E-state index < -0.39 is 0 Å². The van der Waals surface area contributed by atoms with Crippen LogP contribution in [0.3, 0.4) is 0 Å². The zero-order chi connectivity index (χ0) is 10.9. The van der Waals surface area contributed by atoms with Gasteiger partial charge in [-0.3, -0.25) is 0 Å². The molecule has 1 saturated carbocycles. The van der Waals surface area contributed by atoms with Gasteiger partial charge in [-0.25, -0.2) is 9.97 Å². The van der Waals surface area contributed by atoms with Gasteiger partial charge in [0.15, 0.2) is 11.0 Å². The van der Waals surface area contributed by atoms with Crippen LogP contribution in [0.15, 0.2) is 12.4 Å². The molecule has 1 aromatic rings. The molecule has 3 nitrogen and oxygen atoms in total. The van der Waals surface area contributed by atoms with Gasteiger partial charge in [-0.1, -0.05) is 25.4 Å². The highest BCUT2D eigenvalue weighted by Gasteiger charge is 2.45. The second-order valence-electron chi connectivity index (χ2n) is 4.57. The fourth-order valence-electron chi connectivity index (χ4n) is 1.82. The molecule has 1 heterocycles. The summed E-state index contributed by atoms with van der Waals surface area (Å²) in [6.45, 7) is 5.49. The van der Waals surface area contributed by atoms with Gasteiger partial charge in [-0.05, 0) is 24.2 Å². The predicted octanol–water partition coefficient (Wildman–Crippen LogP) is 2.98. The summed E-state index contributed by atoms with van der Waals surface area (Å²) in [6, 6.07) is 0. The molecule has 1 aromatic heterocycles. The van der Waals surface area contributed by atoms with Gasteiger partial charge in [0.05, 0.1) is 0 Å². The van der Waals surface area contributed by atoms with Gasteiger partial charge in [0.25, 0.3) is 0 Å². The van der Waals surface area contributed by atoms with Crippen LogP contribution in [0.4, 0.5) is 5.82 Å². The third-order valence-electron chi connectivity index (χ3n) is 3.38. The third kappa shape index (κ3) is 2.23. The quantitative estimate of drug-likeness (QED) is 0.856. The smallest absolute Gasteiger partial charge is 0.171 e. The van der Waals surface area contributed by atoms with Gasteiger partial charge in [-0.2, -0.15) is 0 Å². The van der Waals surface area contributed by atoms with Crippen LogP contribution in [0.5, 0.6) is 0 Å². The number of nitrogens with zero attached hydrogens (tertiary/aromatic N) is 2. The average molecular weight is 226 g/mol. The Morgan fingerprint density at radius 2 is 2.07 bits per heavy atom. The Kier molecular flexibility index (Phi) is 2.83. The number of nitrogens with one attached hydrogen (secondary N) is 1. The van der Waals surface area contributed by atoms with E-state index in [1.54, 1.807) is 12.4 Å². The monoisotopic (exact) mass is 225 g/mol. The van der Waals surface area contributed by atoms with E-state index in [0.717, 1.165) is 6.54 Å². The molecule has 0 aliphatic heterocycles. The van der Waals surface area contributed by atoms with E-state index in [1.165, 1.54) is 12.8 Å². The van der Waals surface area contributed by atoms with Gasteiger partial charge < -0.3 is 5.32 Å². The number of hydrogen-bond donors (Lipinski definition) is 1. The average Bonchev–Trinajstić information content (AvgIpc) is 2.98. The summed E-state index contributed by atoms with van der Waals surface area (Å²) in [7, 11) is 0. The molecular formula is C11H16ClN3. The summed E-state index contributed by atoms with van der Waals surface area (Å²) in [5.41, 5.74) is 0.459. The molecule has 4 heteroatoms. The van der Waals surface area contributed by atoms with Crippen LogP contribution in [0.1, 0.15) is 26.7 Å². The maximum atomic E-state index is 5.92. The number of aromatic nitrogens is 2. The SMILES string of the molecule is CC(C)C1(CNc2nccnc2Cl)CC1. The Bertz CT molecular complexity index is 347. The molecule has 1 aliphatic rings. The first kappa shape index (κ1) is 10.7. The van der Waals surface area contributed by atoms with E-state index in [9.17, 15) is 0 Å². The van der Waals surface area contributed by atoms with E-state index in [-0.39, 0.29) is 0 Å². The van der Waals surface area contributed by atoms with Crippen LogP contribution in [0, 0.1) is 11.3 Å². The molecule has 15 heavy (non-hydrogen) atoms. The van der Waals surface area contributed by atoms with E-state index in [0.29, 0.717) is 22.3 Å². The van der Waals surface area contributed by atoms with Gasteiger partial charge in [0.1, 0.15) is 0 Å². The first-order valence-corrected chi connectivity index (χ1v) is 5.72. The molecule has 0 saturated heterocycles. The Morgan fingerprint density at radius 1 is 1.40 bits per heavy atom. The molecule has 0 bridgehead atoms. The molecule has 2 rings (SSSR count). The van der Waals surface area contributed by atoms with Crippen LogP contribution in [-0.4, -0.2) is 16.5 Å². The maximum absolute atomic E-state index is 5.92. The van der Waals surface area contributed by atoms with Crippen molar-refractivity contribution in [3.63, 3.8) is 0 Å². The van der Waals surface area contributed by atoms with Crippen molar-refractivity contribution in [2.24, 2.45) is 11.3 Å². The van der Waals surface area contributed by atoms with E-state index in [2.05, 4.69) is 29.1 Å². The van der Waals surface area contributed by atoms with Crippen molar-refractivity contribution >= 4 is 17.4 Å². The van der Waals surface area contributed by atoms with Crippen LogP contribution < -0.4 is 5.32 Å². The normalized spacial score (nSPS) is 17.9. The Morgan fingerprint density at radius 3 is 2.60 bits per heavy atom. The minimum Gasteiger partial charge on any atom is -0.367 e. The number of anilines is 1. The first-order chi connectivity index (χ1) is 7.14. The lowest BCUT2D eigenvalue weighted by molar-refractivity contribution is 0.380.